The maximum absolute atomic E-state index is 12.8. The fourth-order valence-electron chi connectivity index (χ4n) is 2.81. The summed E-state index contributed by atoms with van der Waals surface area (Å²) in [7, 11) is -3.78. The van der Waals surface area contributed by atoms with Gasteiger partial charge in [-0.3, -0.25) is 4.79 Å². The van der Waals surface area contributed by atoms with Crippen LogP contribution in [-0.2, 0) is 16.6 Å². The zero-order chi connectivity index (χ0) is 21.0. The number of nitrogens with one attached hydrogen (secondary N) is 2. The molecule has 0 aliphatic carbocycles. The number of hydrogen-bond donors (Lipinski definition) is 2. The topological polar surface area (TPSA) is 75.3 Å². The number of anilines is 1. The van der Waals surface area contributed by atoms with E-state index in [0.717, 1.165) is 11.1 Å². The van der Waals surface area contributed by atoms with Gasteiger partial charge < -0.3 is 5.32 Å². The van der Waals surface area contributed by atoms with Crippen LogP contribution in [0.5, 0.6) is 0 Å². The number of amides is 1. The zero-order valence-corrected chi connectivity index (χ0v) is 17.6. The first-order valence-corrected chi connectivity index (χ1v) is 10.8. The zero-order valence-electron chi connectivity index (χ0n) is 16.1. The number of rotatable bonds is 6. The Bertz CT molecular complexity index is 1150. The third-order valence-corrected chi connectivity index (χ3v) is 6.28. The van der Waals surface area contributed by atoms with E-state index < -0.39 is 15.9 Å². The Morgan fingerprint density at radius 3 is 2.34 bits per heavy atom. The van der Waals surface area contributed by atoms with E-state index in [0.29, 0.717) is 16.3 Å². The summed E-state index contributed by atoms with van der Waals surface area (Å²) < 4.78 is 28.2. The van der Waals surface area contributed by atoms with Crippen molar-refractivity contribution in [3.8, 4) is 0 Å². The highest BCUT2D eigenvalue weighted by Crippen LogP contribution is 2.22. The number of carbonyl (C=O) groups excluding carboxylic acids is 1. The Balaban J connectivity index is 1.83. The normalized spacial score (nSPS) is 11.3. The van der Waals surface area contributed by atoms with E-state index >= 15 is 0 Å². The van der Waals surface area contributed by atoms with Gasteiger partial charge in [-0.15, -0.1) is 0 Å². The molecule has 0 unspecified atom stereocenters. The third-order valence-electron chi connectivity index (χ3n) is 4.50. The summed E-state index contributed by atoms with van der Waals surface area (Å²) in [6, 6.07) is 19.0. The lowest BCUT2D eigenvalue weighted by molar-refractivity contribution is 0.102. The highest BCUT2D eigenvalue weighted by atomic mass is 35.5. The molecule has 0 atom stereocenters. The van der Waals surface area contributed by atoms with Crippen molar-refractivity contribution >= 4 is 33.2 Å². The highest BCUT2D eigenvalue weighted by Gasteiger charge is 2.19. The van der Waals surface area contributed by atoms with Crippen molar-refractivity contribution in [2.75, 3.05) is 5.32 Å². The summed E-state index contributed by atoms with van der Waals surface area (Å²) in [5.41, 5.74) is 3.08. The Hall–Kier alpha value is -2.67. The molecule has 2 N–H and O–H groups in total. The van der Waals surface area contributed by atoms with E-state index in [1.54, 1.807) is 37.3 Å². The standard InChI is InChI=1S/C22H21ClN2O3S/c1-15-9-11-19(23)13-20(15)25-22(26)18-10-8-16(2)21(12-18)29(27,28)24-14-17-6-4-3-5-7-17/h3-13,24H,14H2,1-2H3,(H,25,26). The van der Waals surface area contributed by atoms with Crippen molar-refractivity contribution in [3.63, 3.8) is 0 Å². The van der Waals surface area contributed by atoms with Crippen LogP contribution in [0.2, 0.25) is 5.02 Å². The highest BCUT2D eigenvalue weighted by molar-refractivity contribution is 7.89. The predicted octanol–water partition coefficient (Wildman–Crippen LogP) is 4.69. The van der Waals surface area contributed by atoms with Gasteiger partial charge in [0.2, 0.25) is 10.0 Å². The van der Waals surface area contributed by atoms with E-state index in [1.807, 2.05) is 37.3 Å². The van der Waals surface area contributed by atoms with Gasteiger partial charge in [0, 0.05) is 22.8 Å². The number of sulfonamides is 1. The molecule has 0 aliphatic heterocycles. The summed E-state index contributed by atoms with van der Waals surface area (Å²) in [6.07, 6.45) is 0. The van der Waals surface area contributed by atoms with Crippen molar-refractivity contribution in [2.24, 2.45) is 0 Å². The molecule has 29 heavy (non-hydrogen) atoms. The lowest BCUT2D eigenvalue weighted by Gasteiger charge is -2.12. The lowest BCUT2D eigenvalue weighted by atomic mass is 10.1. The Morgan fingerprint density at radius 1 is 0.931 bits per heavy atom. The first-order valence-electron chi connectivity index (χ1n) is 8.98. The minimum absolute atomic E-state index is 0.0731. The molecule has 5 nitrogen and oxygen atoms in total. The second-order valence-electron chi connectivity index (χ2n) is 6.70. The number of aryl methyl sites for hydroxylation is 2. The number of benzene rings is 3. The molecule has 0 aromatic heterocycles. The maximum Gasteiger partial charge on any atom is 0.255 e. The molecule has 0 radical (unpaired) electrons. The van der Waals surface area contributed by atoms with Gasteiger partial charge in [-0.1, -0.05) is 54.1 Å². The van der Waals surface area contributed by atoms with Crippen LogP contribution in [0.4, 0.5) is 5.69 Å². The Morgan fingerprint density at radius 2 is 1.62 bits per heavy atom. The number of carbonyl (C=O) groups is 1. The average molecular weight is 429 g/mol. The smallest absolute Gasteiger partial charge is 0.255 e. The van der Waals surface area contributed by atoms with Crippen LogP contribution < -0.4 is 10.0 Å². The molecule has 0 bridgehead atoms. The number of halogens is 1. The summed E-state index contributed by atoms with van der Waals surface area (Å²) >= 11 is 6.00. The van der Waals surface area contributed by atoms with E-state index in [-0.39, 0.29) is 17.0 Å². The Labute approximate surface area is 175 Å². The monoisotopic (exact) mass is 428 g/mol. The van der Waals surface area contributed by atoms with Crippen LogP contribution in [0, 0.1) is 13.8 Å². The van der Waals surface area contributed by atoms with E-state index in [4.69, 9.17) is 11.6 Å². The van der Waals surface area contributed by atoms with Gasteiger partial charge in [0.25, 0.3) is 5.91 Å². The molecule has 3 aromatic rings. The molecule has 1 amide bonds. The molecule has 0 heterocycles. The van der Waals surface area contributed by atoms with Crippen molar-refractivity contribution in [2.45, 2.75) is 25.3 Å². The minimum atomic E-state index is -3.78. The lowest BCUT2D eigenvalue weighted by Crippen LogP contribution is -2.24. The molecule has 0 spiro atoms. The summed E-state index contributed by atoms with van der Waals surface area (Å²) in [6.45, 7) is 3.71. The third kappa shape index (κ3) is 5.23. The van der Waals surface area contributed by atoms with E-state index in [2.05, 4.69) is 10.0 Å². The average Bonchev–Trinajstić information content (AvgIpc) is 2.70. The van der Waals surface area contributed by atoms with Crippen LogP contribution in [0.25, 0.3) is 0 Å². The van der Waals surface area contributed by atoms with Crippen molar-refractivity contribution in [3.05, 3.63) is 94.0 Å². The first kappa shape index (κ1) is 21.0. The van der Waals surface area contributed by atoms with E-state index in [9.17, 15) is 13.2 Å². The summed E-state index contributed by atoms with van der Waals surface area (Å²) in [5.74, 6) is -0.408. The largest absolute Gasteiger partial charge is 0.322 e. The van der Waals surface area contributed by atoms with Crippen LogP contribution in [0.3, 0.4) is 0 Å². The summed E-state index contributed by atoms with van der Waals surface area (Å²) in [5, 5.41) is 3.29. The molecule has 0 aliphatic rings. The molecule has 0 saturated carbocycles. The van der Waals surface area contributed by atoms with Gasteiger partial charge in [-0.05, 0) is 54.8 Å². The van der Waals surface area contributed by atoms with Crippen LogP contribution in [0.15, 0.2) is 71.6 Å². The first-order chi connectivity index (χ1) is 13.8. The molecule has 3 rings (SSSR count). The predicted molar refractivity (Wildman–Crippen MR) is 116 cm³/mol. The van der Waals surface area contributed by atoms with Gasteiger partial charge in [0.1, 0.15) is 0 Å². The van der Waals surface area contributed by atoms with Crippen molar-refractivity contribution in [1.29, 1.82) is 0 Å². The van der Waals surface area contributed by atoms with Gasteiger partial charge >= 0.3 is 0 Å². The second-order valence-corrected chi connectivity index (χ2v) is 8.88. The minimum Gasteiger partial charge on any atom is -0.322 e. The Kier molecular flexibility index (Phi) is 6.37. The molecular weight excluding hydrogens is 408 g/mol. The van der Waals surface area contributed by atoms with Gasteiger partial charge in [0.15, 0.2) is 0 Å². The summed E-state index contributed by atoms with van der Waals surface area (Å²) in [4.78, 5) is 12.8. The van der Waals surface area contributed by atoms with Crippen molar-refractivity contribution in [1.82, 2.24) is 4.72 Å². The van der Waals surface area contributed by atoms with Crippen molar-refractivity contribution < 1.29 is 13.2 Å². The molecule has 3 aromatic carbocycles. The molecule has 7 heteroatoms. The molecule has 150 valence electrons. The fraction of sp³-hybridized carbons (Fsp3) is 0.136. The fourth-order valence-corrected chi connectivity index (χ4v) is 4.26. The SMILES string of the molecule is Cc1ccc(Cl)cc1NC(=O)c1ccc(C)c(S(=O)(=O)NCc2ccccc2)c1. The van der Waals surface area contributed by atoms with Crippen LogP contribution >= 0.6 is 11.6 Å². The number of hydrogen-bond acceptors (Lipinski definition) is 3. The van der Waals surface area contributed by atoms with Gasteiger partial charge in [0.05, 0.1) is 4.90 Å². The van der Waals surface area contributed by atoms with Crippen LogP contribution in [-0.4, -0.2) is 14.3 Å². The molecule has 0 saturated heterocycles. The second kappa shape index (κ2) is 8.78. The molecule has 0 fully saturated rings. The quantitative estimate of drug-likeness (QED) is 0.598. The van der Waals surface area contributed by atoms with Crippen LogP contribution in [0.1, 0.15) is 27.0 Å². The van der Waals surface area contributed by atoms with E-state index in [1.165, 1.54) is 6.07 Å². The van der Waals surface area contributed by atoms with Gasteiger partial charge in [-0.2, -0.15) is 0 Å². The van der Waals surface area contributed by atoms with Gasteiger partial charge in [-0.25, -0.2) is 13.1 Å². The molecular formula is C22H21ClN2O3S. The maximum atomic E-state index is 12.8.